The Labute approximate surface area is 139 Å². The fraction of sp³-hybridized carbons (Fsp3) is 0.353. The fourth-order valence-corrected chi connectivity index (χ4v) is 2.86. The smallest absolute Gasteiger partial charge is 0.190 e. The highest BCUT2D eigenvalue weighted by Gasteiger charge is 2.25. The van der Waals surface area contributed by atoms with E-state index in [-0.39, 0.29) is 5.82 Å². The molecular formula is C17H17FN4S. The number of benzene rings is 1. The molecule has 4 nitrogen and oxygen atoms in total. The van der Waals surface area contributed by atoms with Crippen LogP contribution in [0, 0.1) is 17.1 Å². The second-order valence-corrected chi connectivity index (χ2v) is 7.33. The maximum absolute atomic E-state index is 13.2. The number of hydrogen-bond acceptors (Lipinski definition) is 5. The number of nitrogens with zero attached hydrogens (tertiary/aromatic N) is 3. The van der Waals surface area contributed by atoms with Gasteiger partial charge in [0.25, 0.3) is 0 Å². The molecule has 1 heterocycles. The molecular weight excluding hydrogens is 311 g/mol. The molecule has 1 N–H and O–H groups in total. The Bertz CT molecular complexity index is 748. The number of halogens is 1. The van der Waals surface area contributed by atoms with Crippen LogP contribution in [0.2, 0.25) is 0 Å². The summed E-state index contributed by atoms with van der Waals surface area (Å²) in [6.45, 7) is 4.13. The third-order valence-electron chi connectivity index (χ3n) is 3.38. The minimum Gasteiger partial charge on any atom is -0.366 e. The maximum atomic E-state index is 13.2. The van der Waals surface area contributed by atoms with Gasteiger partial charge in [-0.25, -0.2) is 14.4 Å². The lowest BCUT2D eigenvalue weighted by molar-refractivity contribution is 0.628. The van der Waals surface area contributed by atoms with Gasteiger partial charge in [-0.15, -0.1) is 0 Å². The van der Waals surface area contributed by atoms with Crippen LogP contribution in [-0.2, 0) is 0 Å². The van der Waals surface area contributed by atoms with Gasteiger partial charge in [0.15, 0.2) is 5.16 Å². The van der Waals surface area contributed by atoms with Crippen LogP contribution >= 0.6 is 11.8 Å². The van der Waals surface area contributed by atoms with Crippen molar-refractivity contribution < 1.29 is 4.39 Å². The van der Waals surface area contributed by atoms with E-state index in [1.54, 1.807) is 23.9 Å². The van der Waals surface area contributed by atoms with Crippen molar-refractivity contribution in [2.75, 3.05) is 5.32 Å². The first kappa shape index (κ1) is 15.8. The number of nitriles is 1. The molecule has 1 aromatic carbocycles. The van der Waals surface area contributed by atoms with Gasteiger partial charge in [-0.2, -0.15) is 5.26 Å². The van der Waals surface area contributed by atoms with Gasteiger partial charge in [0.2, 0.25) is 0 Å². The van der Waals surface area contributed by atoms with E-state index in [0.717, 1.165) is 18.4 Å². The lowest BCUT2D eigenvalue weighted by Gasteiger charge is -2.13. The second-order valence-electron chi connectivity index (χ2n) is 5.78. The van der Waals surface area contributed by atoms with Crippen LogP contribution in [0.1, 0.15) is 32.3 Å². The molecule has 0 aliphatic heterocycles. The third-order valence-corrected chi connectivity index (χ3v) is 4.24. The molecule has 1 aliphatic rings. The first-order valence-electron chi connectivity index (χ1n) is 7.58. The average molecular weight is 328 g/mol. The maximum Gasteiger partial charge on any atom is 0.190 e. The van der Waals surface area contributed by atoms with E-state index in [0.29, 0.717) is 33.5 Å². The molecule has 0 bridgehead atoms. The van der Waals surface area contributed by atoms with Crippen LogP contribution in [0.25, 0.3) is 11.3 Å². The molecule has 23 heavy (non-hydrogen) atoms. The Balaban J connectivity index is 2.10. The normalized spacial score (nSPS) is 13.9. The quantitative estimate of drug-likeness (QED) is 0.657. The number of aromatic nitrogens is 2. The summed E-state index contributed by atoms with van der Waals surface area (Å²) in [5.41, 5.74) is 1.68. The highest BCUT2D eigenvalue weighted by atomic mass is 32.2. The van der Waals surface area contributed by atoms with Crippen LogP contribution in [0.15, 0.2) is 29.4 Å². The van der Waals surface area contributed by atoms with Crippen molar-refractivity contribution in [1.82, 2.24) is 9.97 Å². The molecule has 1 aromatic heterocycles. The third kappa shape index (κ3) is 3.80. The molecule has 6 heteroatoms. The highest BCUT2D eigenvalue weighted by Crippen LogP contribution is 2.33. The minimum absolute atomic E-state index is 0.311. The SMILES string of the molecule is CC(C)Sc1nc(NC2CC2)c(C#N)c(-c2ccc(F)cc2)n1. The van der Waals surface area contributed by atoms with Gasteiger partial charge in [-0.3, -0.25) is 0 Å². The summed E-state index contributed by atoms with van der Waals surface area (Å²) in [4.78, 5) is 9.05. The zero-order chi connectivity index (χ0) is 16.4. The van der Waals surface area contributed by atoms with E-state index < -0.39 is 0 Å². The molecule has 0 amide bonds. The van der Waals surface area contributed by atoms with Gasteiger partial charge >= 0.3 is 0 Å². The predicted octanol–water partition coefficient (Wildman–Crippen LogP) is 4.23. The van der Waals surface area contributed by atoms with Gasteiger partial charge in [0.05, 0.1) is 5.69 Å². The van der Waals surface area contributed by atoms with Crippen molar-refractivity contribution in [1.29, 1.82) is 5.26 Å². The monoisotopic (exact) mass is 328 g/mol. The van der Waals surface area contributed by atoms with Crippen LogP contribution < -0.4 is 5.32 Å². The first-order chi connectivity index (χ1) is 11.1. The van der Waals surface area contributed by atoms with E-state index in [9.17, 15) is 9.65 Å². The number of rotatable bonds is 5. The van der Waals surface area contributed by atoms with Gasteiger partial charge in [0.1, 0.15) is 23.3 Å². The molecule has 1 fully saturated rings. The molecule has 0 atom stereocenters. The summed E-state index contributed by atoms with van der Waals surface area (Å²) in [7, 11) is 0. The fourth-order valence-electron chi connectivity index (χ4n) is 2.15. The van der Waals surface area contributed by atoms with Gasteiger partial charge in [-0.1, -0.05) is 25.6 Å². The lowest BCUT2D eigenvalue weighted by atomic mass is 10.1. The van der Waals surface area contributed by atoms with Crippen molar-refractivity contribution in [3.05, 3.63) is 35.6 Å². The Kier molecular flexibility index (Phi) is 4.49. The summed E-state index contributed by atoms with van der Waals surface area (Å²) in [5.74, 6) is 0.266. The number of thioether (sulfide) groups is 1. The summed E-state index contributed by atoms with van der Waals surface area (Å²) >= 11 is 1.55. The zero-order valence-electron chi connectivity index (χ0n) is 13.0. The van der Waals surface area contributed by atoms with Crippen LogP contribution in [0.5, 0.6) is 0 Å². The molecule has 1 aliphatic carbocycles. The van der Waals surface area contributed by atoms with Crippen molar-refractivity contribution in [3.8, 4) is 17.3 Å². The Morgan fingerprint density at radius 3 is 2.52 bits per heavy atom. The molecule has 0 radical (unpaired) electrons. The average Bonchev–Trinajstić information content (AvgIpc) is 3.31. The number of nitrogens with one attached hydrogen (secondary N) is 1. The van der Waals surface area contributed by atoms with Crippen LogP contribution in [-0.4, -0.2) is 21.3 Å². The molecule has 2 aromatic rings. The summed E-state index contributed by atoms with van der Waals surface area (Å²) in [6.07, 6.45) is 2.18. The second kappa shape index (κ2) is 6.55. The summed E-state index contributed by atoms with van der Waals surface area (Å²) < 4.78 is 13.2. The van der Waals surface area contributed by atoms with Crippen molar-refractivity contribution in [2.45, 2.75) is 43.1 Å². The molecule has 1 saturated carbocycles. The predicted molar refractivity (Wildman–Crippen MR) is 89.8 cm³/mol. The van der Waals surface area contributed by atoms with Crippen LogP contribution in [0.4, 0.5) is 10.2 Å². The molecule has 118 valence electrons. The Morgan fingerprint density at radius 2 is 1.96 bits per heavy atom. The van der Waals surface area contributed by atoms with E-state index in [1.807, 2.05) is 0 Å². The van der Waals surface area contributed by atoms with E-state index in [1.165, 1.54) is 12.1 Å². The Hall–Kier alpha value is -2.13. The van der Waals surface area contributed by atoms with Gasteiger partial charge < -0.3 is 5.32 Å². The van der Waals surface area contributed by atoms with E-state index in [2.05, 4.69) is 35.2 Å². The van der Waals surface area contributed by atoms with Gasteiger partial charge in [-0.05, 0) is 37.1 Å². The standard InChI is InChI=1S/C17H17FN4S/c1-10(2)23-17-21-15(11-3-5-12(18)6-4-11)14(9-19)16(22-17)20-13-7-8-13/h3-6,10,13H,7-8H2,1-2H3,(H,20,21,22). The van der Waals surface area contributed by atoms with E-state index in [4.69, 9.17) is 0 Å². The molecule has 3 rings (SSSR count). The number of anilines is 1. The topological polar surface area (TPSA) is 61.6 Å². The minimum atomic E-state index is -0.311. The van der Waals surface area contributed by atoms with Crippen LogP contribution in [0.3, 0.4) is 0 Å². The van der Waals surface area contributed by atoms with Crippen molar-refractivity contribution >= 4 is 17.6 Å². The Morgan fingerprint density at radius 1 is 1.26 bits per heavy atom. The largest absolute Gasteiger partial charge is 0.366 e. The van der Waals surface area contributed by atoms with Crippen molar-refractivity contribution in [2.24, 2.45) is 0 Å². The van der Waals surface area contributed by atoms with Gasteiger partial charge in [0, 0.05) is 16.9 Å². The molecule has 0 saturated heterocycles. The first-order valence-corrected chi connectivity index (χ1v) is 8.46. The highest BCUT2D eigenvalue weighted by molar-refractivity contribution is 7.99. The lowest BCUT2D eigenvalue weighted by Crippen LogP contribution is -2.09. The zero-order valence-corrected chi connectivity index (χ0v) is 13.8. The summed E-state index contributed by atoms with van der Waals surface area (Å²) in [6, 6.07) is 8.62. The van der Waals surface area contributed by atoms with Crippen molar-refractivity contribution in [3.63, 3.8) is 0 Å². The number of hydrogen-bond donors (Lipinski definition) is 1. The summed E-state index contributed by atoms with van der Waals surface area (Å²) in [5, 5.41) is 13.8. The molecule has 0 unspecified atom stereocenters. The van der Waals surface area contributed by atoms with E-state index >= 15 is 0 Å². The molecule has 0 spiro atoms.